The third-order valence-corrected chi connectivity index (χ3v) is 4.94. The molecule has 3 atom stereocenters. The summed E-state index contributed by atoms with van der Waals surface area (Å²) in [7, 11) is 1.86. The zero-order chi connectivity index (χ0) is 15.3. The van der Waals surface area contributed by atoms with Crippen LogP contribution in [0.2, 0.25) is 0 Å². The molecule has 2 fully saturated rings. The van der Waals surface area contributed by atoms with E-state index in [1.807, 2.05) is 31.4 Å². The summed E-state index contributed by atoms with van der Waals surface area (Å²) in [6.07, 6.45) is 3.36. The molecule has 3 heterocycles. The van der Waals surface area contributed by atoms with Crippen LogP contribution in [0.5, 0.6) is 0 Å². The van der Waals surface area contributed by atoms with Crippen molar-refractivity contribution >= 4 is 5.82 Å². The van der Waals surface area contributed by atoms with E-state index in [1.165, 1.54) is 6.42 Å². The van der Waals surface area contributed by atoms with E-state index in [1.54, 1.807) is 4.68 Å². The largest absolute Gasteiger partial charge is 0.382 e. The third kappa shape index (κ3) is 2.29. The summed E-state index contributed by atoms with van der Waals surface area (Å²) >= 11 is 0. The predicted molar refractivity (Wildman–Crippen MR) is 84.7 cm³/mol. The monoisotopic (exact) mass is 298 g/mol. The number of piperidine rings is 1. The lowest BCUT2D eigenvalue weighted by Crippen LogP contribution is -2.23. The molecule has 116 valence electrons. The Morgan fingerprint density at radius 1 is 1.27 bits per heavy atom. The molecule has 5 heteroatoms. The maximum atomic E-state index is 10.6. The van der Waals surface area contributed by atoms with Crippen LogP contribution in [0, 0.1) is 11.8 Å². The van der Waals surface area contributed by atoms with Crippen LogP contribution in [0.4, 0.5) is 5.82 Å². The maximum absolute atomic E-state index is 10.6. The summed E-state index contributed by atoms with van der Waals surface area (Å²) in [5.74, 6) is 2.84. The molecule has 3 unspecified atom stereocenters. The van der Waals surface area contributed by atoms with Crippen molar-refractivity contribution in [2.75, 3.05) is 18.0 Å². The second-order valence-corrected chi connectivity index (χ2v) is 6.54. The minimum Gasteiger partial charge on any atom is -0.382 e. The van der Waals surface area contributed by atoms with Crippen molar-refractivity contribution in [1.29, 1.82) is 0 Å². The van der Waals surface area contributed by atoms with Gasteiger partial charge in [-0.05, 0) is 36.8 Å². The Morgan fingerprint density at radius 3 is 2.68 bits per heavy atom. The maximum Gasteiger partial charge on any atom is 0.128 e. The minimum absolute atomic E-state index is 0.675. The zero-order valence-electron chi connectivity index (χ0n) is 13.1. The first-order valence-electron chi connectivity index (χ1n) is 8.08. The summed E-state index contributed by atoms with van der Waals surface area (Å²) in [4.78, 5) is 7.20. The van der Waals surface area contributed by atoms with Gasteiger partial charge in [0.05, 0.1) is 5.69 Å². The van der Waals surface area contributed by atoms with Gasteiger partial charge < -0.3 is 10.0 Å². The summed E-state index contributed by atoms with van der Waals surface area (Å²) in [6, 6.07) is 5.92. The first-order valence-corrected chi connectivity index (χ1v) is 8.08. The molecule has 22 heavy (non-hydrogen) atoms. The lowest BCUT2D eigenvalue weighted by molar-refractivity contribution is 0.212. The van der Waals surface area contributed by atoms with Gasteiger partial charge in [-0.2, -0.15) is 5.10 Å². The quantitative estimate of drug-likeness (QED) is 0.937. The first-order chi connectivity index (χ1) is 10.7. The molecule has 1 saturated carbocycles. The van der Waals surface area contributed by atoms with Crippen molar-refractivity contribution in [3.05, 3.63) is 41.3 Å². The number of aromatic nitrogens is 3. The molecule has 0 bridgehead atoms. The second kappa shape index (κ2) is 5.09. The topological polar surface area (TPSA) is 54.2 Å². The Balaban J connectivity index is 1.62. The summed E-state index contributed by atoms with van der Waals surface area (Å²) in [6.45, 7) is 4.37. The number of hydrogen-bond donors (Lipinski definition) is 1. The van der Waals surface area contributed by atoms with E-state index >= 15 is 0 Å². The Bertz CT molecular complexity index is 686. The average Bonchev–Trinajstić information content (AvgIpc) is 2.94. The summed E-state index contributed by atoms with van der Waals surface area (Å²) < 4.78 is 1.71. The molecule has 1 aliphatic carbocycles. The van der Waals surface area contributed by atoms with Crippen molar-refractivity contribution in [3.63, 3.8) is 0 Å². The molecule has 0 spiro atoms. The van der Waals surface area contributed by atoms with Gasteiger partial charge in [-0.3, -0.25) is 4.68 Å². The van der Waals surface area contributed by atoms with Gasteiger partial charge in [0, 0.05) is 37.6 Å². The lowest BCUT2D eigenvalue weighted by atomic mass is 10.0. The Labute approximate surface area is 130 Å². The number of anilines is 1. The Kier molecular flexibility index (Phi) is 3.18. The fourth-order valence-corrected chi connectivity index (χ4v) is 3.53. The van der Waals surface area contributed by atoms with Crippen molar-refractivity contribution in [1.82, 2.24) is 14.8 Å². The zero-order valence-corrected chi connectivity index (χ0v) is 13.1. The molecule has 2 aromatic rings. The standard InChI is InChI=1S/C17H22N4O/c1-3-14-13(17(22)15-6-7-20(2)19-15)4-5-16(18-14)21-9-11-8-12(11)10-21/h4-7,11-12,17,22H,3,8-10H2,1-2H3. The fraction of sp³-hybridized carbons (Fsp3) is 0.529. The van der Waals surface area contributed by atoms with E-state index in [0.29, 0.717) is 5.69 Å². The second-order valence-electron chi connectivity index (χ2n) is 6.54. The van der Waals surface area contributed by atoms with Crippen molar-refractivity contribution in [3.8, 4) is 0 Å². The highest BCUT2D eigenvalue weighted by Gasteiger charge is 2.45. The molecular weight excluding hydrogens is 276 g/mol. The van der Waals surface area contributed by atoms with Crippen LogP contribution >= 0.6 is 0 Å². The van der Waals surface area contributed by atoms with Crippen molar-refractivity contribution in [2.45, 2.75) is 25.9 Å². The van der Waals surface area contributed by atoms with Gasteiger partial charge in [0.25, 0.3) is 0 Å². The highest BCUT2D eigenvalue weighted by Crippen LogP contribution is 2.46. The molecule has 0 amide bonds. The van der Waals surface area contributed by atoms with E-state index in [0.717, 1.165) is 48.4 Å². The first kappa shape index (κ1) is 13.8. The van der Waals surface area contributed by atoms with Crippen LogP contribution in [0.1, 0.15) is 36.4 Å². The minimum atomic E-state index is -0.704. The van der Waals surface area contributed by atoms with Crippen molar-refractivity contribution < 1.29 is 5.11 Å². The van der Waals surface area contributed by atoms with Crippen LogP contribution in [0.3, 0.4) is 0 Å². The van der Waals surface area contributed by atoms with Crippen LogP contribution in [0.15, 0.2) is 24.4 Å². The molecular formula is C17H22N4O. The SMILES string of the molecule is CCc1nc(N2CC3CC3C2)ccc1C(O)c1ccn(C)n1. The molecule has 1 saturated heterocycles. The highest BCUT2D eigenvalue weighted by molar-refractivity contribution is 5.45. The predicted octanol–water partition coefficient (Wildman–Crippen LogP) is 1.92. The van der Waals surface area contributed by atoms with Gasteiger partial charge in [-0.1, -0.05) is 13.0 Å². The number of nitrogens with zero attached hydrogens (tertiary/aromatic N) is 4. The van der Waals surface area contributed by atoms with Crippen molar-refractivity contribution in [2.24, 2.45) is 18.9 Å². The number of pyridine rings is 1. The normalized spacial score (nSPS) is 24.4. The van der Waals surface area contributed by atoms with Gasteiger partial charge in [0.15, 0.2) is 0 Å². The van der Waals surface area contributed by atoms with Gasteiger partial charge >= 0.3 is 0 Å². The molecule has 5 nitrogen and oxygen atoms in total. The van der Waals surface area contributed by atoms with Gasteiger partial charge in [0.2, 0.25) is 0 Å². The smallest absolute Gasteiger partial charge is 0.128 e. The highest BCUT2D eigenvalue weighted by atomic mass is 16.3. The Morgan fingerprint density at radius 2 is 2.05 bits per heavy atom. The van der Waals surface area contributed by atoms with E-state index in [9.17, 15) is 5.11 Å². The average molecular weight is 298 g/mol. The van der Waals surface area contributed by atoms with E-state index in [2.05, 4.69) is 16.9 Å². The molecule has 1 N–H and O–H groups in total. The number of aliphatic hydroxyl groups excluding tert-OH is 1. The van der Waals surface area contributed by atoms with Crippen LogP contribution in [-0.4, -0.2) is 33.0 Å². The third-order valence-electron chi connectivity index (χ3n) is 4.94. The van der Waals surface area contributed by atoms with E-state index < -0.39 is 6.10 Å². The molecule has 1 aliphatic heterocycles. The van der Waals surface area contributed by atoms with Crippen LogP contribution < -0.4 is 4.90 Å². The van der Waals surface area contributed by atoms with Gasteiger partial charge in [-0.15, -0.1) is 0 Å². The molecule has 2 aromatic heterocycles. The van der Waals surface area contributed by atoms with E-state index in [-0.39, 0.29) is 0 Å². The van der Waals surface area contributed by atoms with E-state index in [4.69, 9.17) is 4.98 Å². The number of rotatable bonds is 4. The molecule has 2 aliphatic rings. The Hall–Kier alpha value is -1.88. The number of fused-ring (bicyclic) bond motifs is 1. The number of aliphatic hydroxyl groups is 1. The molecule has 0 aromatic carbocycles. The fourth-order valence-electron chi connectivity index (χ4n) is 3.53. The number of hydrogen-bond acceptors (Lipinski definition) is 4. The summed E-state index contributed by atoms with van der Waals surface area (Å²) in [5, 5.41) is 14.9. The number of aryl methyl sites for hydroxylation is 2. The molecule has 4 rings (SSSR count). The lowest BCUT2D eigenvalue weighted by Gasteiger charge is -2.21. The van der Waals surface area contributed by atoms with Gasteiger partial charge in [-0.25, -0.2) is 4.98 Å². The van der Waals surface area contributed by atoms with Crippen LogP contribution in [0.25, 0.3) is 0 Å². The molecule has 0 radical (unpaired) electrons. The van der Waals surface area contributed by atoms with Crippen LogP contribution in [-0.2, 0) is 13.5 Å². The van der Waals surface area contributed by atoms with Gasteiger partial charge in [0.1, 0.15) is 11.9 Å². The summed E-state index contributed by atoms with van der Waals surface area (Å²) in [5.41, 5.74) is 2.51.